The molecule has 1 N–H and O–H groups in total. The van der Waals surface area contributed by atoms with Crippen LogP contribution in [0.2, 0.25) is 0 Å². The molecule has 1 fully saturated rings. The van der Waals surface area contributed by atoms with Crippen LogP contribution in [0.1, 0.15) is 17.0 Å². The van der Waals surface area contributed by atoms with Crippen molar-refractivity contribution in [2.45, 2.75) is 25.7 Å². The van der Waals surface area contributed by atoms with Crippen LogP contribution < -0.4 is 4.72 Å². The number of nitrogens with one attached hydrogen (secondary N) is 1. The van der Waals surface area contributed by atoms with Crippen molar-refractivity contribution >= 4 is 10.0 Å². The number of aryl methyl sites for hydroxylation is 3. The second-order valence-electron chi connectivity index (χ2n) is 7.95. The molecule has 1 saturated heterocycles. The fraction of sp³-hybridized carbons (Fsp3) is 0.409. The lowest BCUT2D eigenvalue weighted by molar-refractivity contribution is 0.0390. The maximum atomic E-state index is 13.0. The fourth-order valence-corrected chi connectivity index (χ4v) is 5.03. The van der Waals surface area contributed by atoms with Gasteiger partial charge in [0.1, 0.15) is 0 Å². The van der Waals surface area contributed by atoms with Crippen LogP contribution in [-0.2, 0) is 14.8 Å². The van der Waals surface area contributed by atoms with E-state index in [1.54, 1.807) is 23.7 Å². The molecule has 0 radical (unpaired) electrons. The predicted molar refractivity (Wildman–Crippen MR) is 121 cm³/mol. The van der Waals surface area contributed by atoms with E-state index in [1.807, 2.05) is 38.1 Å². The molecule has 0 atom stereocenters. The van der Waals surface area contributed by atoms with E-state index in [9.17, 15) is 8.42 Å². The van der Waals surface area contributed by atoms with Gasteiger partial charge in [-0.2, -0.15) is 5.10 Å². The van der Waals surface area contributed by atoms with E-state index in [1.165, 1.54) is 0 Å². The molecule has 32 heavy (non-hydrogen) atoms. The first-order valence-corrected chi connectivity index (χ1v) is 12.1. The third-order valence-corrected chi connectivity index (χ3v) is 7.08. The highest BCUT2D eigenvalue weighted by Gasteiger charge is 2.19. The molecule has 3 heterocycles. The van der Waals surface area contributed by atoms with Gasteiger partial charge >= 0.3 is 0 Å². The Bertz CT molecular complexity index is 1180. The third-order valence-electron chi connectivity index (χ3n) is 5.47. The highest BCUT2D eigenvalue weighted by atomic mass is 32.2. The van der Waals surface area contributed by atoms with Gasteiger partial charge in [-0.05, 0) is 50.6 Å². The van der Waals surface area contributed by atoms with Crippen LogP contribution in [0.4, 0.5) is 0 Å². The van der Waals surface area contributed by atoms with E-state index < -0.39 is 10.0 Å². The number of rotatable bonds is 7. The summed E-state index contributed by atoms with van der Waals surface area (Å²) in [6.07, 6.45) is 0. The van der Waals surface area contributed by atoms with Crippen molar-refractivity contribution in [3.05, 3.63) is 53.3 Å². The highest BCUT2D eigenvalue weighted by molar-refractivity contribution is 7.89. The van der Waals surface area contributed by atoms with E-state index in [4.69, 9.17) is 4.74 Å². The van der Waals surface area contributed by atoms with Gasteiger partial charge in [0.05, 0.1) is 29.5 Å². The van der Waals surface area contributed by atoms with Crippen LogP contribution in [0.5, 0.6) is 0 Å². The quantitative estimate of drug-likeness (QED) is 0.579. The van der Waals surface area contributed by atoms with Crippen molar-refractivity contribution in [1.29, 1.82) is 0 Å². The van der Waals surface area contributed by atoms with Gasteiger partial charge in [0, 0.05) is 37.4 Å². The molecule has 0 spiro atoms. The van der Waals surface area contributed by atoms with E-state index in [0.29, 0.717) is 48.9 Å². The smallest absolute Gasteiger partial charge is 0.240 e. The van der Waals surface area contributed by atoms with Gasteiger partial charge in [-0.3, -0.25) is 4.90 Å². The average Bonchev–Trinajstić information content (AvgIpc) is 3.12. The summed E-state index contributed by atoms with van der Waals surface area (Å²) >= 11 is 0. The standard InChI is InChI=1S/C22H28N6O3S/c1-16-4-5-19(20-6-7-22(25-24-20)28-18(3)14-17(2)26-28)15-21(16)32(29,30)23-8-9-27-10-12-31-13-11-27/h4-7,14-15,23H,8-13H2,1-3H3. The molecule has 1 aliphatic rings. The molecule has 1 aliphatic heterocycles. The number of hydrogen-bond acceptors (Lipinski definition) is 7. The number of sulfonamides is 1. The topological polar surface area (TPSA) is 102 Å². The first-order valence-electron chi connectivity index (χ1n) is 10.6. The van der Waals surface area contributed by atoms with Crippen LogP contribution in [0.25, 0.3) is 17.1 Å². The van der Waals surface area contributed by atoms with Gasteiger partial charge in [0.2, 0.25) is 10.0 Å². The van der Waals surface area contributed by atoms with Crippen LogP contribution >= 0.6 is 0 Å². The highest BCUT2D eigenvalue weighted by Crippen LogP contribution is 2.24. The molecular formula is C22H28N6O3S. The second-order valence-corrected chi connectivity index (χ2v) is 9.68. The van der Waals surface area contributed by atoms with Gasteiger partial charge in [-0.1, -0.05) is 12.1 Å². The summed E-state index contributed by atoms with van der Waals surface area (Å²) in [7, 11) is -3.65. The normalized spacial score (nSPS) is 15.2. The number of benzene rings is 1. The van der Waals surface area contributed by atoms with E-state index in [-0.39, 0.29) is 4.90 Å². The van der Waals surface area contributed by atoms with Crippen molar-refractivity contribution in [2.75, 3.05) is 39.4 Å². The van der Waals surface area contributed by atoms with Gasteiger partial charge in [-0.15, -0.1) is 10.2 Å². The summed E-state index contributed by atoms with van der Waals surface area (Å²) in [5, 5.41) is 13.0. The Morgan fingerprint density at radius 2 is 1.81 bits per heavy atom. The number of aromatic nitrogens is 4. The Morgan fingerprint density at radius 3 is 2.47 bits per heavy atom. The Labute approximate surface area is 188 Å². The fourth-order valence-electron chi connectivity index (χ4n) is 3.74. The monoisotopic (exact) mass is 456 g/mol. The minimum absolute atomic E-state index is 0.251. The lowest BCUT2D eigenvalue weighted by Crippen LogP contribution is -2.41. The van der Waals surface area contributed by atoms with Crippen molar-refractivity contribution in [1.82, 2.24) is 29.6 Å². The van der Waals surface area contributed by atoms with Crippen LogP contribution in [0, 0.1) is 20.8 Å². The van der Waals surface area contributed by atoms with Crippen molar-refractivity contribution < 1.29 is 13.2 Å². The number of nitrogens with zero attached hydrogens (tertiary/aromatic N) is 5. The minimum Gasteiger partial charge on any atom is -0.379 e. The number of ether oxygens (including phenoxy) is 1. The third kappa shape index (κ3) is 5.04. The Balaban J connectivity index is 1.51. The minimum atomic E-state index is -3.65. The van der Waals surface area contributed by atoms with Gasteiger partial charge in [-0.25, -0.2) is 17.8 Å². The van der Waals surface area contributed by atoms with E-state index >= 15 is 0 Å². The summed E-state index contributed by atoms with van der Waals surface area (Å²) in [5.74, 6) is 0.615. The molecule has 1 aromatic carbocycles. The number of morpholine rings is 1. The molecule has 0 aliphatic carbocycles. The molecule has 9 nitrogen and oxygen atoms in total. The second kappa shape index (κ2) is 9.45. The summed E-state index contributed by atoms with van der Waals surface area (Å²) in [6.45, 7) is 9.70. The van der Waals surface area contributed by atoms with Crippen molar-refractivity contribution in [3.8, 4) is 17.1 Å². The molecule has 0 amide bonds. The van der Waals surface area contributed by atoms with E-state index in [2.05, 4.69) is 24.9 Å². The molecule has 10 heteroatoms. The van der Waals surface area contributed by atoms with Crippen LogP contribution in [-0.4, -0.2) is 72.7 Å². The SMILES string of the molecule is Cc1cc(C)n(-c2ccc(-c3ccc(C)c(S(=O)(=O)NCCN4CCOCC4)c3)nn2)n1. The molecule has 3 aromatic rings. The molecule has 170 valence electrons. The zero-order valence-corrected chi connectivity index (χ0v) is 19.4. The maximum Gasteiger partial charge on any atom is 0.240 e. The van der Waals surface area contributed by atoms with E-state index in [0.717, 1.165) is 24.5 Å². The predicted octanol–water partition coefficient (Wildman–Crippen LogP) is 1.87. The Kier molecular flexibility index (Phi) is 6.66. The van der Waals surface area contributed by atoms with Gasteiger partial charge < -0.3 is 4.74 Å². The lowest BCUT2D eigenvalue weighted by Gasteiger charge is -2.26. The summed E-state index contributed by atoms with van der Waals surface area (Å²) < 4.78 is 35.7. The zero-order chi connectivity index (χ0) is 22.7. The van der Waals surface area contributed by atoms with Crippen molar-refractivity contribution in [3.63, 3.8) is 0 Å². The van der Waals surface area contributed by atoms with Gasteiger partial charge in [0.15, 0.2) is 5.82 Å². The average molecular weight is 457 g/mol. The molecule has 4 rings (SSSR count). The summed E-state index contributed by atoms with van der Waals surface area (Å²) in [6, 6.07) is 10.9. The Hall–Kier alpha value is -2.66. The van der Waals surface area contributed by atoms with Crippen LogP contribution in [0.3, 0.4) is 0 Å². The first-order chi connectivity index (χ1) is 15.3. The van der Waals surface area contributed by atoms with Crippen LogP contribution in [0.15, 0.2) is 41.3 Å². The van der Waals surface area contributed by atoms with Gasteiger partial charge in [0.25, 0.3) is 0 Å². The Morgan fingerprint density at radius 1 is 1.03 bits per heavy atom. The largest absolute Gasteiger partial charge is 0.379 e. The van der Waals surface area contributed by atoms with Crippen molar-refractivity contribution in [2.24, 2.45) is 0 Å². The summed E-state index contributed by atoms with van der Waals surface area (Å²) in [4.78, 5) is 2.44. The first kappa shape index (κ1) is 22.5. The molecule has 0 unspecified atom stereocenters. The molecule has 0 bridgehead atoms. The maximum absolute atomic E-state index is 13.0. The molecular weight excluding hydrogens is 428 g/mol. The lowest BCUT2D eigenvalue weighted by atomic mass is 10.1. The zero-order valence-electron chi connectivity index (χ0n) is 18.6. The molecule has 0 saturated carbocycles. The number of hydrogen-bond donors (Lipinski definition) is 1. The summed E-state index contributed by atoms with van der Waals surface area (Å²) in [5.41, 5.74) is 3.84. The molecule has 2 aromatic heterocycles.